The maximum absolute atomic E-state index is 12.4. The summed E-state index contributed by atoms with van der Waals surface area (Å²) >= 11 is 0.731. The van der Waals surface area contributed by atoms with Crippen molar-refractivity contribution >= 4 is 40.6 Å². The van der Waals surface area contributed by atoms with Crippen molar-refractivity contribution in [3.8, 4) is 0 Å². The molecule has 0 atom stereocenters. The molecule has 2 aromatic carbocycles. The molecule has 0 spiro atoms. The predicted molar refractivity (Wildman–Crippen MR) is 91.6 cm³/mol. The van der Waals surface area contributed by atoms with Gasteiger partial charge in [-0.25, -0.2) is 4.79 Å². The van der Waals surface area contributed by atoms with Crippen molar-refractivity contribution in [1.82, 2.24) is 0 Å². The zero-order valence-electron chi connectivity index (χ0n) is 13.3. The number of hydrogen-bond donors (Lipinski definition) is 2. The van der Waals surface area contributed by atoms with Gasteiger partial charge in [0.05, 0.1) is 10.6 Å². The number of rotatable bonds is 5. The fourth-order valence-corrected chi connectivity index (χ4v) is 2.60. The van der Waals surface area contributed by atoms with Gasteiger partial charge in [-0.3, -0.25) is 4.79 Å². The molecule has 0 radical (unpaired) electrons. The number of fused-ring (bicyclic) bond motifs is 1. The second-order valence-corrected chi connectivity index (χ2v) is 6.53. The Bertz CT molecular complexity index is 742. The monoisotopic (exact) mass is 333 g/mol. The fraction of sp³-hybridized carbons (Fsp3) is 0.294. The van der Waals surface area contributed by atoms with Crippen molar-refractivity contribution in [2.24, 2.45) is 5.41 Å². The van der Waals surface area contributed by atoms with E-state index in [-0.39, 0.29) is 5.91 Å². The first-order valence-corrected chi connectivity index (χ1v) is 8.00. The largest absolute Gasteiger partial charge is 0.518 e. The van der Waals surface area contributed by atoms with Crippen molar-refractivity contribution in [3.05, 3.63) is 36.4 Å². The van der Waals surface area contributed by atoms with Crippen LogP contribution in [0.5, 0.6) is 0 Å². The van der Waals surface area contributed by atoms with Crippen LogP contribution in [0.2, 0.25) is 0 Å². The third kappa shape index (κ3) is 3.96. The van der Waals surface area contributed by atoms with Crippen LogP contribution in [0.15, 0.2) is 41.3 Å². The van der Waals surface area contributed by atoms with Crippen molar-refractivity contribution in [2.75, 3.05) is 5.32 Å². The summed E-state index contributed by atoms with van der Waals surface area (Å²) < 4.78 is 4.65. The molecule has 0 heterocycles. The van der Waals surface area contributed by atoms with E-state index >= 15 is 0 Å². The van der Waals surface area contributed by atoms with E-state index in [0.717, 1.165) is 22.8 Å². The summed E-state index contributed by atoms with van der Waals surface area (Å²) in [5.41, 5.74) is 0.0304. The molecule has 0 unspecified atom stereocenters. The molecular weight excluding hydrogens is 314 g/mol. The molecule has 0 aromatic heterocycles. The lowest BCUT2D eigenvalue weighted by Gasteiger charge is -2.22. The highest BCUT2D eigenvalue weighted by atomic mass is 32.2. The average Bonchev–Trinajstić information content (AvgIpc) is 2.53. The summed E-state index contributed by atoms with van der Waals surface area (Å²) in [6.45, 7) is 5.68. The third-order valence-electron chi connectivity index (χ3n) is 3.82. The van der Waals surface area contributed by atoms with E-state index < -0.39 is 11.6 Å². The van der Waals surface area contributed by atoms with Crippen LogP contribution in [0.4, 0.5) is 10.5 Å². The highest BCUT2D eigenvalue weighted by Gasteiger charge is 2.26. The molecule has 0 fully saturated rings. The molecule has 5 nitrogen and oxygen atoms in total. The summed E-state index contributed by atoms with van der Waals surface area (Å²) in [6, 6.07) is 11.2. The quantitative estimate of drug-likeness (QED) is 0.760. The van der Waals surface area contributed by atoms with Gasteiger partial charge in [0.25, 0.3) is 0 Å². The second kappa shape index (κ2) is 6.91. The molecule has 2 aromatic rings. The molecular formula is C17H19NO4S. The van der Waals surface area contributed by atoms with Crippen molar-refractivity contribution in [1.29, 1.82) is 0 Å². The van der Waals surface area contributed by atoms with E-state index in [4.69, 9.17) is 5.11 Å². The Morgan fingerprint density at radius 3 is 2.57 bits per heavy atom. The maximum atomic E-state index is 12.4. The van der Waals surface area contributed by atoms with Crippen LogP contribution in [-0.2, 0) is 8.98 Å². The van der Waals surface area contributed by atoms with Gasteiger partial charge in [-0.05, 0) is 17.9 Å². The van der Waals surface area contributed by atoms with Crippen LogP contribution in [0.25, 0.3) is 10.8 Å². The van der Waals surface area contributed by atoms with Crippen LogP contribution < -0.4 is 5.32 Å². The van der Waals surface area contributed by atoms with Gasteiger partial charge in [-0.1, -0.05) is 51.1 Å². The van der Waals surface area contributed by atoms with Gasteiger partial charge in [-0.15, -0.1) is 0 Å². The SMILES string of the molecule is CCC(C)(C)C(=O)Nc1ccc2ccccc2c1SOC(=O)O. The zero-order chi connectivity index (χ0) is 17.0. The molecule has 0 aliphatic rings. The lowest BCUT2D eigenvalue weighted by atomic mass is 9.89. The van der Waals surface area contributed by atoms with E-state index in [0.29, 0.717) is 17.0 Å². The Morgan fingerprint density at radius 1 is 1.22 bits per heavy atom. The molecule has 122 valence electrons. The Balaban J connectivity index is 2.43. The molecule has 0 saturated carbocycles. The highest BCUT2D eigenvalue weighted by Crippen LogP contribution is 2.36. The minimum Gasteiger partial charge on any atom is -0.449 e. The summed E-state index contributed by atoms with van der Waals surface area (Å²) in [4.78, 5) is 23.7. The Labute approximate surface area is 139 Å². The number of nitrogens with one attached hydrogen (secondary N) is 1. The number of carboxylic acid groups (broad SMARTS) is 1. The van der Waals surface area contributed by atoms with Crippen LogP contribution in [0.3, 0.4) is 0 Å². The standard InChI is InChI=1S/C17H19NO4S/c1-4-17(2,3)15(19)18-13-10-9-11-7-5-6-8-12(11)14(13)23-22-16(20)21/h5-10H,4H2,1-3H3,(H,18,19)(H,20,21). The summed E-state index contributed by atoms with van der Waals surface area (Å²) in [7, 11) is 0. The lowest BCUT2D eigenvalue weighted by Crippen LogP contribution is -2.30. The van der Waals surface area contributed by atoms with E-state index in [1.807, 2.05) is 51.1 Å². The maximum Gasteiger partial charge on any atom is 0.518 e. The second-order valence-electron chi connectivity index (χ2n) is 5.79. The molecule has 23 heavy (non-hydrogen) atoms. The van der Waals surface area contributed by atoms with Crippen LogP contribution >= 0.6 is 12.0 Å². The minimum absolute atomic E-state index is 0.118. The van der Waals surface area contributed by atoms with Gasteiger partial charge >= 0.3 is 6.16 Å². The molecule has 0 aliphatic heterocycles. The van der Waals surface area contributed by atoms with E-state index in [2.05, 4.69) is 9.50 Å². The number of amides is 1. The predicted octanol–water partition coefficient (Wildman–Crippen LogP) is 4.92. The van der Waals surface area contributed by atoms with Gasteiger partial charge in [0, 0.05) is 10.8 Å². The molecule has 0 saturated heterocycles. The molecule has 0 bridgehead atoms. The number of carbonyl (C=O) groups excluding carboxylic acids is 1. The normalized spacial score (nSPS) is 11.3. The van der Waals surface area contributed by atoms with Gasteiger partial charge in [0.2, 0.25) is 5.91 Å². The third-order valence-corrected chi connectivity index (χ3v) is 4.66. The first-order valence-electron chi connectivity index (χ1n) is 7.26. The summed E-state index contributed by atoms with van der Waals surface area (Å²) in [5, 5.41) is 13.4. The van der Waals surface area contributed by atoms with E-state index in [1.165, 1.54) is 0 Å². The fourth-order valence-electron chi connectivity index (χ4n) is 1.96. The Morgan fingerprint density at radius 2 is 1.91 bits per heavy atom. The lowest BCUT2D eigenvalue weighted by molar-refractivity contribution is -0.124. The molecule has 6 heteroatoms. The highest BCUT2D eigenvalue weighted by molar-refractivity contribution is 7.95. The van der Waals surface area contributed by atoms with Gasteiger partial charge < -0.3 is 14.6 Å². The molecule has 0 aliphatic carbocycles. The average molecular weight is 333 g/mol. The zero-order valence-corrected chi connectivity index (χ0v) is 14.1. The molecule has 2 N–H and O–H groups in total. The number of hydrogen-bond acceptors (Lipinski definition) is 4. The van der Waals surface area contributed by atoms with Crippen molar-refractivity contribution in [3.63, 3.8) is 0 Å². The first kappa shape index (κ1) is 17.1. The van der Waals surface area contributed by atoms with Crippen molar-refractivity contribution < 1.29 is 18.9 Å². The number of carbonyl (C=O) groups is 2. The van der Waals surface area contributed by atoms with Crippen LogP contribution in [0.1, 0.15) is 27.2 Å². The summed E-state index contributed by atoms with van der Waals surface area (Å²) in [6.07, 6.45) is -0.686. The Hall–Kier alpha value is -2.21. The number of benzene rings is 2. The van der Waals surface area contributed by atoms with Crippen LogP contribution in [0, 0.1) is 5.41 Å². The van der Waals surface area contributed by atoms with Gasteiger partial charge in [0.15, 0.2) is 0 Å². The van der Waals surface area contributed by atoms with Crippen molar-refractivity contribution in [2.45, 2.75) is 32.1 Å². The minimum atomic E-state index is -1.38. The van der Waals surface area contributed by atoms with Gasteiger partial charge in [-0.2, -0.15) is 0 Å². The topological polar surface area (TPSA) is 75.6 Å². The number of anilines is 1. The van der Waals surface area contributed by atoms with E-state index in [9.17, 15) is 9.59 Å². The smallest absolute Gasteiger partial charge is 0.449 e. The first-order chi connectivity index (χ1) is 10.8. The summed E-state index contributed by atoms with van der Waals surface area (Å²) in [5.74, 6) is -0.118. The van der Waals surface area contributed by atoms with E-state index in [1.54, 1.807) is 6.07 Å². The molecule has 1 amide bonds. The van der Waals surface area contributed by atoms with Crippen LogP contribution in [-0.4, -0.2) is 17.2 Å². The van der Waals surface area contributed by atoms with Gasteiger partial charge in [0.1, 0.15) is 12.0 Å². The Kier molecular flexibility index (Phi) is 5.15. The molecule has 2 rings (SSSR count).